The standard InChI is InChI=1S/C18H18O5/c1-20-16-8-11(9-17(21-2)18(16)22-3)15-10-13(19)12-6-4-5-7-14(12)23-15/h4-9,15H,10H2,1-3H3. The summed E-state index contributed by atoms with van der Waals surface area (Å²) in [5.74, 6) is 2.25. The number of hydrogen-bond acceptors (Lipinski definition) is 5. The molecular weight excluding hydrogens is 296 g/mol. The summed E-state index contributed by atoms with van der Waals surface area (Å²) in [5.41, 5.74) is 1.43. The number of ether oxygens (including phenoxy) is 4. The SMILES string of the molecule is COc1cc(C2CC(=O)c3ccccc3O2)cc(OC)c1OC. The van der Waals surface area contributed by atoms with Crippen molar-refractivity contribution in [3.05, 3.63) is 47.5 Å². The Kier molecular flexibility index (Phi) is 4.10. The maximum Gasteiger partial charge on any atom is 0.203 e. The lowest BCUT2D eigenvalue weighted by molar-refractivity contribution is 0.0849. The molecular formula is C18H18O5. The molecule has 1 unspecified atom stereocenters. The average Bonchev–Trinajstić information content (AvgIpc) is 2.60. The average molecular weight is 314 g/mol. The van der Waals surface area contributed by atoms with Gasteiger partial charge in [-0.05, 0) is 24.3 Å². The van der Waals surface area contributed by atoms with E-state index >= 15 is 0 Å². The Labute approximate surface area is 134 Å². The fraction of sp³-hybridized carbons (Fsp3) is 0.278. The van der Waals surface area contributed by atoms with Crippen LogP contribution < -0.4 is 18.9 Å². The topological polar surface area (TPSA) is 54.0 Å². The maximum absolute atomic E-state index is 12.3. The van der Waals surface area contributed by atoms with Crippen LogP contribution in [0, 0.1) is 0 Å². The van der Waals surface area contributed by atoms with Crippen LogP contribution in [0.15, 0.2) is 36.4 Å². The lowest BCUT2D eigenvalue weighted by atomic mass is 9.96. The molecule has 0 radical (unpaired) electrons. The fourth-order valence-electron chi connectivity index (χ4n) is 2.75. The smallest absolute Gasteiger partial charge is 0.203 e. The lowest BCUT2D eigenvalue weighted by Gasteiger charge is -2.26. The maximum atomic E-state index is 12.3. The molecule has 0 saturated heterocycles. The summed E-state index contributed by atoms with van der Waals surface area (Å²) >= 11 is 0. The summed E-state index contributed by atoms with van der Waals surface area (Å²) in [6.45, 7) is 0. The largest absolute Gasteiger partial charge is 0.493 e. The van der Waals surface area contributed by atoms with Gasteiger partial charge in [-0.3, -0.25) is 4.79 Å². The number of methoxy groups -OCH3 is 3. The Bertz CT molecular complexity index is 713. The van der Waals surface area contributed by atoms with Gasteiger partial charge in [0.25, 0.3) is 0 Å². The normalized spacial score (nSPS) is 16.3. The second-order valence-electron chi connectivity index (χ2n) is 5.19. The monoisotopic (exact) mass is 314 g/mol. The molecule has 3 rings (SSSR count). The van der Waals surface area contributed by atoms with Crippen LogP contribution in [0.5, 0.6) is 23.0 Å². The van der Waals surface area contributed by atoms with Crippen molar-refractivity contribution in [3.8, 4) is 23.0 Å². The Balaban J connectivity index is 2.01. The van der Waals surface area contributed by atoms with Crippen molar-refractivity contribution in [3.63, 3.8) is 0 Å². The van der Waals surface area contributed by atoms with Crippen molar-refractivity contribution in [1.29, 1.82) is 0 Å². The second-order valence-corrected chi connectivity index (χ2v) is 5.19. The molecule has 2 aromatic rings. The van der Waals surface area contributed by atoms with Crippen LogP contribution in [-0.4, -0.2) is 27.1 Å². The van der Waals surface area contributed by atoms with Crippen molar-refractivity contribution in [2.75, 3.05) is 21.3 Å². The number of carbonyl (C=O) groups is 1. The van der Waals surface area contributed by atoms with Crippen LogP contribution in [0.1, 0.15) is 28.4 Å². The predicted octanol–water partition coefficient (Wildman–Crippen LogP) is 3.42. The molecule has 23 heavy (non-hydrogen) atoms. The van der Waals surface area contributed by atoms with Gasteiger partial charge in [-0.15, -0.1) is 0 Å². The quantitative estimate of drug-likeness (QED) is 0.865. The molecule has 0 fully saturated rings. The molecule has 120 valence electrons. The van der Waals surface area contributed by atoms with Crippen molar-refractivity contribution in [2.45, 2.75) is 12.5 Å². The van der Waals surface area contributed by atoms with Gasteiger partial charge in [-0.2, -0.15) is 0 Å². The molecule has 2 aromatic carbocycles. The molecule has 0 N–H and O–H groups in total. The van der Waals surface area contributed by atoms with Gasteiger partial charge in [-0.25, -0.2) is 0 Å². The Morgan fingerprint density at radius 1 is 1.00 bits per heavy atom. The van der Waals surface area contributed by atoms with Crippen LogP contribution in [0.25, 0.3) is 0 Å². The number of hydrogen-bond donors (Lipinski definition) is 0. The summed E-state index contributed by atoms with van der Waals surface area (Å²) in [5, 5.41) is 0. The molecule has 5 heteroatoms. The van der Waals surface area contributed by atoms with E-state index in [9.17, 15) is 4.79 Å². The second kappa shape index (κ2) is 6.20. The van der Waals surface area contributed by atoms with Gasteiger partial charge in [0, 0.05) is 5.56 Å². The van der Waals surface area contributed by atoms with E-state index in [1.165, 1.54) is 0 Å². The first kappa shape index (κ1) is 15.2. The van der Waals surface area contributed by atoms with E-state index in [0.29, 0.717) is 28.6 Å². The number of para-hydroxylation sites is 1. The first-order valence-corrected chi connectivity index (χ1v) is 7.26. The zero-order valence-electron chi connectivity index (χ0n) is 13.3. The van der Waals surface area contributed by atoms with Crippen molar-refractivity contribution in [1.82, 2.24) is 0 Å². The molecule has 1 aliphatic rings. The lowest BCUT2D eigenvalue weighted by Crippen LogP contribution is -2.20. The molecule has 0 bridgehead atoms. The van der Waals surface area contributed by atoms with Gasteiger partial charge >= 0.3 is 0 Å². The van der Waals surface area contributed by atoms with Gasteiger partial charge in [0.15, 0.2) is 17.3 Å². The highest BCUT2D eigenvalue weighted by molar-refractivity contribution is 6.00. The van der Waals surface area contributed by atoms with E-state index in [0.717, 1.165) is 5.56 Å². The highest BCUT2D eigenvalue weighted by Crippen LogP contribution is 2.42. The van der Waals surface area contributed by atoms with E-state index in [-0.39, 0.29) is 18.3 Å². The molecule has 1 atom stereocenters. The van der Waals surface area contributed by atoms with Crippen LogP contribution in [0.3, 0.4) is 0 Å². The summed E-state index contributed by atoms with van der Waals surface area (Å²) in [7, 11) is 4.67. The minimum absolute atomic E-state index is 0.0607. The minimum atomic E-state index is -0.383. The third-order valence-electron chi connectivity index (χ3n) is 3.89. The molecule has 0 saturated carbocycles. The van der Waals surface area contributed by atoms with Crippen molar-refractivity contribution < 1.29 is 23.7 Å². The van der Waals surface area contributed by atoms with E-state index in [1.54, 1.807) is 33.5 Å². The van der Waals surface area contributed by atoms with Gasteiger partial charge < -0.3 is 18.9 Å². The Morgan fingerprint density at radius 3 is 2.26 bits per heavy atom. The van der Waals surface area contributed by atoms with E-state index in [1.807, 2.05) is 24.3 Å². The number of ketones is 1. The number of Topliss-reactive ketones (excluding diaryl/α,β-unsaturated/α-hetero) is 1. The van der Waals surface area contributed by atoms with E-state index in [4.69, 9.17) is 18.9 Å². The zero-order valence-corrected chi connectivity index (χ0v) is 13.3. The molecule has 0 spiro atoms. The third kappa shape index (κ3) is 2.70. The van der Waals surface area contributed by atoms with Gasteiger partial charge in [0.1, 0.15) is 11.9 Å². The molecule has 5 nitrogen and oxygen atoms in total. The van der Waals surface area contributed by atoms with Crippen LogP contribution in [0.4, 0.5) is 0 Å². The Hall–Kier alpha value is -2.69. The van der Waals surface area contributed by atoms with E-state index < -0.39 is 0 Å². The van der Waals surface area contributed by atoms with Crippen LogP contribution in [0.2, 0.25) is 0 Å². The first-order chi connectivity index (χ1) is 11.2. The predicted molar refractivity (Wildman–Crippen MR) is 84.9 cm³/mol. The highest BCUT2D eigenvalue weighted by Gasteiger charge is 2.29. The minimum Gasteiger partial charge on any atom is -0.493 e. The number of fused-ring (bicyclic) bond motifs is 1. The number of carbonyl (C=O) groups excluding carboxylic acids is 1. The molecule has 0 amide bonds. The number of benzene rings is 2. The van der Waals surface area contributed by atoms with Gasteiger partial charge in [-0.1, -0.05) is 12.1 Å². The fourth-order valence-corrected chi connectivity index (χ4v) is 2.75. The highest BCUT2D eigenvalue weighted by atomic mass is 16.5. The van der Waals surface area contributed by atoms with Gasteiger partial charge in [0.2, 0.25) is 5.75 Å². The summed E-state index contributed by atoms with van der Waals surface area (Å²) in [4.78, 5) is 12.3. The molecule has 1 aliphatic heterocycles. The molecule has 0 aromatic heterocycles. The third-order valence-corrected chi connectivity index (χ3v) is 3.89. The van der Waals surface area contributed by atoms with Crippen molar-refractivity contribution >= 4 is 5.78 Å². The van der Waals surface area contributed by atoms with Crippen LogP contribution >= 0.6 is 0 Å². The first-order valence-electron chi connectivity index (χ1n) is 7.26. The number of rotatable bonds is 4. The molecule has 1 heterocycles. The summed E-state index contributed by atoms with van der Waals surface area (Å²) in [6.07, 6.45) is -0.110. The Morgan fingerprint density at radius 2 is 1.65 bits per heavy atom. The van der Waals surface area contributed by atoms with Crippen molar-refractivity contribution in [2.24, 2.45) is 0 Å². The summed E-state index contributed by atoms with van der Waals surface area (Å²) in [6, 6.07) is 10.9. The molecule has 0 aliphatic carbocycles. The zero-order chi connectivity index (χ0) is 16.4. The summed E-state index contributed by atoms with van der Waals surface area (Å²) < 4.78 is 22.0. The van der Waals surface area contributed by atoms with Gasteiger partial charge in [0.05, 0.1) is 33.3 Å². The van der Waals surface area contributed by atoms with E-state index in [2.05, 4.69) is 0 Å². The van der Waals surface area contributed by atoms with Crippen LogP contribution in [-0.2, 0) is 0 Å².